The summed E-state index contributed by atoms with van der Waals surface area (Å²) in [6.45, 7) is 1.94. The van der Waals surface area contributed by atoms with Crippen molar-refractivity contribution in [1.82, 2.24) is 0 Å². The molecule has 0 spiro atoms. The van der Waals surface area contributed by atoms with Crippen LogP contribution in [0.25, 0.3) is 0 Å². The first-order valence-corrected chi connectivity index (χ1v) is 4.42. The standard InChI is InChI=1S/C10H11ClN2/c1-7-3-2-4-8(11)10(7)9(13)5-6-12/h2-4,9H,5,13H2,1H3. The molecule has 0 aliphatic carbocycles. The Bertz CT molecular complexity index is 321. The normalized spacial score (nSPS) is 12.2. The van der Waals surface area contributed by atoms with E-state index in [9.17, 15) is 0 Å². The lowest BCUT2D eigenvalue weighted by atomic mass is 10.00. The molecule has 1 aromatic carbocycles. The van der Waals surface area contributed by atoms with Gasteiger partial charge in [0.25, 0.3) is 0 Å². The van der Waals surface area contributed by atoms with Crippen molar-refractivity contribution in [3.63, 3.8) is 0 Å². The maximum absolute atomic E-state index is 8.51. The van der Waals surface area contributed by atoms with E-state index >= 15 is 0 Å². The van der Waals surface area contributed by atoms with Gasteiger partial charge in [-0.2, -0.15) is 5.26 Å². The smallest absolute Gasteiger partial charge is 0.0641 e. The molecule has 0 heterocycles. The molecular formula is C10H11ClN2. The van der Waals surface area contributed by atoms with Crippen LogP contribution in [0.1, 0.15) is 23.6 Å². The molecule has 0 bridgehead atoms. The average molecular weight is 195 g/mol. The average Bonchev–Trinajstić information content (AvgIpc) is 2.04. The maximum atomic E-state index is 8.51. The lowest BCUT2D eigenvalue weighted by Gasteiger charge is -2.12. The van der Waals surface area contributed by atoms with Gasteiger partial charge >= 0.3 is 0 Å². The Balaban J connectivity index is 3.06. The molecule has 2 N–H and O–H groups in total. The summed E-state index contributed by atoms with van der Waals surface area (Å²) in [6.07, 6.45) is 0.296. The molecule has 0 saturated carbocycles. The third kappa shape index (κ3) is 2.21. The van der Waals surface area contributed by atoms with Crippen molar-refractivity contribution < 1.29 is 0 Å². The number of nitrogens with zero attached hydrogens (tertiary/aromatic N) is 1. The first kappa shape index (κ1) is 10.0. The van der Waals surface area contributed by atoms with Crippen LogP contribution in [0.4, 0.5) is 0 Å². The number of hydrogen-bond acceptors (Lipinski definition) is 2. The summed E-state index contributed by atoms with van der Waals surface area (Å²) >= 11 is 5.97. The molecule has 1 unspecified atom stereocenters. The van der Waals surface area contributed by atoms with E-state index in [1.165, 1.54) is 0 Å². The largest absolute Gasteiger partial charge is 0.323 e. The number of benzene rings is 1. The van der Waals surface area contributed by atoms with Crippen LogP contribution in [0.5, 0.6) is 0 Å². The molecule has 0 fully saturated rings. The predicted molar refractivity (Wildman–Crippen MR) is 53.3 cm³/mol. The van der Waals surface area contributed by atoms with Crippen molar-refractivity contribution in [1.29, 1.82) is 5.26 Å². The summed E-state index contributed by atoms with van der Waals surface area (Å²) < 4.78 is 0. The molecule has 1 rings (SSSR count). The van der Waals surface area contributed by atoms with Gasteiger partial charge in [-0.3, -0.25) is 0 Å². The van der Waals surface area contributed by atoms with E-state index in [1.54, 1.807) is 6.07 Å². The fraction of sp³-hybridized carbons (Fsp3) is 0.300. The Kier molecular flexibility index (Phi) is 3.30. The van der Waals surface area contributed by atoms with Crippen LogP contribution < -0.4 is 5.73 Å². The second kappa shape index (κ2) is 4.27. The van der Waals surface area contributed by atoms with Gasteiger partial charge in [-0.1, -0.05) is 23.7 Å². The van der Waals surface area contributed by atoms with Gasteiger partial charge in [-0.25, -0.2) is 0 Å². The predicted octanol–water partition coefficient (Wildman–Crippen LogP) is 2.56. The van der Waals surface area contributed by atoms with Gasteiger partial charge < -0.3 is 5.73 Å². The Hall–Kier alpha value is -1.04. The fourth-order valence-corrected chi connectivity index (χ4v) is 1.68. The monoisotopic (exact) mass is 194 g/mol. The first-order valence-electron chi connectivity index (χ1n) is 4.04. The molecule has 0 radical (unpaired) electrons. The maximum Gasteiger partial charge on any atom is 0.0641 e. The highest BCUT2D eigenvalue weighted by molar-refractivity contribution is 6.31. The zero-order valence-corrected chi connectivity index (χ0v) is 8.17. The summed E-state index contributed by atoms with van der Waals surface area (Å²) in [5.74, 6) is 0. The van der Waals surface area contributed by atoms with Crippen molar-refractivity contribution >= 4 is 11.6 Å². The highest BCUT2D eigenvalue weighted by atomic mass is 35.5. The second-order valence-electron chi connectivity index (χ2n) is 2.94. The van der Waals surface area contributed by atoms with Crippen molar-refractivity contribution in [2.75, 3.05) is 0 Å². The molecular weight excluding hydrogens is 184 g/mol. The summed E-state index contributed by atoms with van der Waals surface area (Å²) in [5, 5.41) is 9.15. The van der Waals surface area contributed by atoms with Crippen LogP contribution in [-0.2, 0) is 0 Å². The molecule has 0 aliphatic rings. The highest BCUT2D eigenvalue weighted by Gasteiger charge is 2.11. The fourth-order valence-electron chi connectivity index (χ4n) is 1.31. The van der Waals surface area contributed by atoms with Gasteiger partial charge in [0, 0.05) is 11.1 Å². The van der Waals surface area contributed by atoms with Crippen molar-refractivity contribution in [3.05, 3.63) is 34.3 Å². The topological polar surface area (TPSA) is 49.8 Å². The summed E-state index contributed by atoms with van der Waals surface area (Å²) in [7, 11) is 0. The molecule has 13 heavy (non-hydrogen) atoms. The number of aryl methyl sites for hydroxylation is 1. The molecule has 0 aliphatic heterocycles. The van der Waals surface area contributed by atoms with Gasteiger partial charge in [-0.05, 0) is 24.1 Å². The van der Waals surface area contributed by atoms with E-state index in [2.05, 4.69) is 0 Å². The van der Waals surface area contributed by atoms with Crippen LogP contribution in [-0.4, -0.2) is 0 Å². The Morgan fingerprint density at radius 2 is 2.31 bits per heavy atom. The molecule has 3 heteroatoms. The highest BCUT2D eigenvalue weighted by Crippen LogP contribution is 2.26. The molecule has 2 nitrogen and oxygen atoms in total. The Morgan fingerprint density at radius 3 is 2.85 bits per heavy atom. The first-order chi connectivity index (χ1) is 6.16. The molecule has 1 aromatic rings. The summed E-state index contributed by atoms with van der Waals surface area (Å²) in [4.78, 5) is 0. The third-order valence-electron chi connectivity index (χ3n) is 1.95. The summed E-state index contributed by atoms with van der Waals surface area (Å²) in [5.41, 5.74) is 7.72. The molecule has 0 aromatic heterocycles. The zero-order chi connectivity index (χ0) is 9.84. The van der Waals surface area contributed by atoms with E-state index in [1.807, 2.05) is 25.1 Å². The Labute approximate surface area is 82.9 Å². The lowest BCUT2D eigenvalue weighted by molar-refractivity contribution is 0.743. The van der Waals surface area contributed by atoms with E-state index in [-0.39, 0.29) is 6.04 Å². The quantitative estimate of drug-likeness (QED) is 0.787. The Morgan fingerprint density at radius 1 is 1.62 bits per heavy atom. The minimum absolute atomic E-state index is 0.279. The van der Waals surface area contributed by atoms with Crippen molar-refractivity contribution in [2.24, 2.45) is 5.73 Å². The van der Waals surface area contributed by atoms with Crippen LogP contribution >= 0.6 is 11.6 Å². The SMILES string of the molecule is Cc1cccc(Cl)c1C(N)CC#N. The number of rotatable bonds is 2. The van der Waals surface area contributed by atoms with E-state index < -0.39 is 0 Å². The van der Waals surface area contributed by atoms with Crippen LogP contribution in [0, 0.1) is 18.3 Å². The van der Waals surface area contributed by atoms with Gasteiger partial charge in [0.05, 0.1) is 12.5 Å². The number of nitriles is 1. The van der Waals surface area contributed by atoms with E-state index in [0.717, 1.165) is 11.1 Å². The van der Waals surface area contributed by atoms with Crippen LogP contribution in [0.3, 0.4) is 0 Å². The lowest BCUT2D eigenvalue weighted by Crippen LogP contribution is -2.11. The molecule has 0 saturated heterocycles. The minimum atomic E-state index is -0.279. The number of halogens is 1. The second-order valence-corrected chi connectivity index (χ2v) is 3.35. The number of hydrogen-bond donors (Lipinski definition) is 1. The number of nitrogens with two attached hydrogens (primary N) is 1. The van der Waals surface area contributed by atoms with Crippen LogP contribution in [0.15, 0.2) is 18.2 Å². The van der Waals surface area contributed by atoms with E-state index in [0.29, 0.717) is 11.4 Å². The van der Waals surface area contributed by atoms with Crippen molar-refractivity contribution in [3.8, 4) is 6.07 Å². The van der Waals surface area contributed by atoms with Crippen LogP contribution in [0.2, 0.25) is 5.02 Å². The zero-order valence-electron chi connectivity index (χ0n) is 7.42. The molecule has 68 valence electrons. The van der Waals surface area contributed by atoms with E-state index in [4.69, 9.17) is 22.6 Å². The van der Waals surface area contributed by atoms with Gasteiger partial charge in [0.15, 0.2) is 0 Å². The van der Waals surface area contributed by atoms with Gasteiger partial charge in [0.1, 0.15) is 0 Å². The van der Waals surface area contributed by atoms with Gasteiger partial charge in [-0.15, -0.1) is 0 Å². The van der Waals surface area contributed by atoms with Crippen molar-refractivity contribution in [2.45, 2.75) is 19.4 Å². The minimum Gasteiger partial charge on any atom is -0.323 e. The van der Waals surface area contributed by atoms with Gasteiger partial charge in [0.2, 0.25) is 0 Å². The third-order valence-corrected chi connectivity index (χ3v) is 2.28. The molecule has 1 atom stereocenters. The summed E-state index contributed by atoms with van der Waals surface area (Å²) in [6, 6.07) is 7.37. The molecule has 0 amide bonds.